The Kier molecular flexibility index (Phi) is 5.70. The van der Waals surface area contributed by atoms with E-state index in [1.165, 1.54) is 18.5 Å². The minimum Gasteiger partial charge on any atom is -0.369 e. The first-order chi connectivity index (χ1) is 17.1. The molecule has 1 aliphatic heterocycles. The lowest BCUT2D eigenvalue weighted by Gasteiger charge is -2.34. The average Bonchev–Trinajstić information content (AvgIpc) is 3.71. The second kappa shape index (κ2) is 9.15. The zero-order valence-corrected chi connectivity index (χ0v) is 20.0. The smallest absolute Gasteiger partial charge is 0.261 e. The molecule has 1 saturated carbocycles. The molecule has 0 amide bonds. The summed E-state index contributed by atoms with van der Waals surface area (Å²) in [4.78, 5) is 27.3. The summed E-state index contributed by atoms with van der Waals surface area (Å²) in [5.41, 5.74) is 4.81. The minimum atomic E-state index is -0.0188. The van der Waals surface area contributed by atoms with Crippen molar-refractivity contribution in [3.05, 3.63) is 77.3 Å². The van der Waals surface area contributed by atoms with E-state index in [2.05, 4.69) is 63.5 Å². The molecule has 0 bridgehead atoms. The van der Waals surface area contributed by atoms with E-state index < -0.39 is 0 Å². The Bertz CT molecular complexity index is 1390. The summed E-state index contributed by atoms with van der Waals surface area (Å²) in [5, 5.41) is 3.89. The van der Waals surface area contributed by atoms with Gasteiger partial charge in [0, 0.05) is 62.1 Å². The Hall–Kier alpha value is -3.71. The number of aromatic nitrogens is 3. The highest BCUT2D eigenvalue weighted by Gasteiger charge is 2.23. The first kappa shape index (κ1) is 21.8. The highest BCUT2D eigenvalue weighted by molar-refractivity contribution is 5.93. The molecule has 0 radical (unpaired) electrons. The van der Waals surface area contributed by atoms with Crippen LogP contribution in [0.4, 0.5) is 17.3 Å². The van der Waals surface area contributed by atoms with E-state index in [-0.39, 0.29) is 5.56 Å². The molecule has 6 rings (SSSR count). The Morgan fingerprint density at radius 2 is 1.71 bits per heavy atom. The fourth-order valence-corrected chi connectivity index (χ4v) is 4.73. The molecule has 2 aromatic carbocycles. The molecule has 2 fully saturated rings. The fraction of sp³-hybridized carbons (Fsp3) is 0.321. The summed E-state index contributed by atoms with van der Waals surface area (Å²) in [5.74, 6) is 1.09. The van der Waals surface area contributed by atoms with Crippen LogP contribution in [-0.2, 0) is 6.54 Å². The van der Waals surface area contributed by atoms with Crippen molar-refractivity contribution < 1.29 is 0 Å². The van der Waals surface area contributed by atoms with Gasteiger partial charge >= 0.3 is 0 Å². The molecule has 0 atom stereocenters. The first-order valence-electron chi connectivity index (χ1n) is 12.4. The zero-order chi connectivity index (χ0) is 23.8. The SMILES string of the molecule is CN1CCN(c2ccc(Nc3ncc4c(=O)n(CC5CC5)cc(-c5ccccc5)c4n3)cc2)CC1. The van der Waals surface area contributed by atoms with Gasteiger partial charge in [-0.2, -0.15) is 0 Å². The third-order valence-electron chi connectivity index (χ3n) is 7.05. The topological polar surface area (TPSA) is 66.3 Å². The predicted molar refractivity (Wildman–Crippen MR) is 141 cm³/mol. The van der Waals surface area contributed by atoms with Crippen molar-refractivity contribution >= 4 is 28.2 Å². The summed E-state index contributed by atoms with van der Waals surface area (Å²) in [6.07, 6.45) is 6.03. The molecule has 1 saturated heterocycles. The molecule has 4 aromatic rings. The molecule has 2 aromatic heterocycles. The summed E-state index contributed by atoms with van der Waals surface area (Å²) >= 11 is 0. The molecular formula is C28H30N6O. The van der Waals surface area contributed by atoms with Gasteiger partial charge in [-0.1, -0.05) is 30.3 Å². The fourth-order valence-electron chi connectivity index (χ4n) is 4.73. The lowest BCUT2D eigenvalue weighted by molar-refractivity contribution is 0.313. The highest BCUT2D eigenvalue weighted by Crippen LogP contribution is 2.32. The molecule has 0 unspecified atom stereocenters. The minimum absolute atomic E-state index is 0.0188. The van der Waals surface area contributed by atoms with Gasteiger partial charge in [0.25, 0.3) is 5.56 Å². The van der Waals surface area contributed by atoms with Crippen LogP contribution in [0.15, 0.2) is 71.8 Å². The van der Waals surface area contributed by atoms with Crippen molar-refractivity contribution in [3.63, 3.8) is 0 Å². The number of nitrogens with zero attached hydrogens (tertiary/aromatic N) is 5. The van der Waals surface area contributed by atoms with E-state index in [0.29, 0.717) is 22.8 Å². The Balaban J connectivity index is 1.32. The number of pyridine rings is 1. The van der Waals surface area contributed by atoms with Crippen LogP contribution in [0.3, 0.4) is 0 Å². The molecule has 7 nitrogen and oxygen atoms in total. The second-order valence-electron chi connectivity index (χ2n) is 9.73. The van der Waals surface area contributed by atoms with Crippen LogP contribution in [0, 0.1) is 5.92 Å². The van der Waals surface area contributed by atoms with Crippen molar-refractivity contribution in [2.75, 3.05) is 43.4 Å². The van der Waals surface area contributed by atoms with Gasteiger partial charge in [-0.3, -0.25) is 4.79 Å². The summed E-state index contributed by atoms with van der Waals surface area (Å²) in [7, 11) is 2.17. The number of anilines is 3. The highest BCUT2D eigenvalue weighted by atomic mass is 16.1. The average molecular weight is 467 g/mol. The van der Waals surface area contributed by atoms with E-state index in [0.717, 1.165) is 49.5 Å². The number of hydrogen-bond acceptors (Lipinski definition) is 6. The van der Waals surface area contributed by atoms with Crippen LogP contribution in [0.5, 0.6) is 0 Å². The number of benzene rings is 2. The zero-order valence-electron chi connectivity index (χ0n) is 20.0. The first-order valence-corrected chi connectivity index (χ1v) is 12.4. The van der Waals surface area contributed by atoms with Crippen molar-refractivity contribution in [2.24, 2.45) is 5.92 Å². The van der Waals surface area contributed by atoms with E-state index >= 15 is 0 Å². The molecule has 1 N–H and O–H groups in total. The number of piperazine rings is 1. The van der Waals surface area contributed by atoms with Gasteiger partial charge in [0.05, 0.1) is 10.9 Å². The van der Waals surface area contributed by atoms with Crippen LogP contribution in [0.25, 0.3) is 22.0 Å². The van der Waals surface area contributed by atoms with Crippen LogP contribution in [0.1, 0.15) is 12.8 Å². The van der Waals surface area contributed by atoms with Gasteiger partial charge in [0.15, 0.2) is 0 Å². The number of nitrogens with one attached hydrogen (secondary N) is 1. The van der Waals surface area contributed by atoms with Crippen molar-refractivity contribution in [3.8, 4) is 11.1 Å². The molecule has 178 valence electrons. The van der Waals surface area contributed by atoms with Gasteiger partial charge in [0.1, 0.15) is 0 Å². The number of fused-ring (bicyclic) bond motifs is 1. The Morgan fingerprint density at radius 1 is 0.971 bits per heavy atom. The normalized spacial score (nSPS) is 16.5. The summed E-state index contributed by atoms with van der Waals surface area (Å²) in [6.45, 7) is 5.00. The molecule has 3 heterocycles. The largest absolute Gasteiger partial charge is 0.369 e. The van der Waals surface area contributed by atoms with Gasteiger partial charge in [-0.15, -0.1) is 0 Å². The van der Waals surface area contributed by atoms with Crippen LogP contribution in [-0.4, -0.2) is 52.7 Å². The maximum Gasteiger partial charge on any atom is 0.261 e. The maximum absolute atomic E-state index is 13.2. The van der Waals surface area contributed by atoms with Gasteiger partial charge < -0.3 is 19.7 Å². The third kappa shape index (κ3) is 4.64. The molecule has 1 aliphatic carbocycles. The van der Waals surface area contributed by atoms with E-state index in [9.17, 15) is 4.79 Å². The van der Waals surface area contributed by atoms with Crippen LogP contribution in [0.2, 0.25) is 0 Å². The molecule has 35 heavy (non-hydrogen) atoms. The maximum atomic E-state index is 13.2. The lowest BCUT2D eigenvalue weighted by atomic mass is 10.1. The van der Waals surface area contributed by atoms with E-state index in [1.54, 1.807) is 6.20 Å². The lowest BCUT2D eigenvalue weighted by Crippen LogP contribution is -2.44. The third-order valence-corrected chi connectivity index (χ3v) is 7.05. The number of rotatable bonds is 6. The molecule has 2 aliphatic rings. The van der Waals surface area contributed by atoms with E-state index in [4.69, 9.17) is 4.98 Å². The summed E-state index contributed by atoms with van der Waals surface area (Å²) < 4.78 is 1.84. The number of hydrogen-bond donors (Lipinski definition) is 1. The van der Waals surface area contributed by atoms with Crippen molar-refractivity contribution in [1.82, 2.24) is 19.4 Å². The Morgan fingerprint density at radius 3 is 2.43 bits per heavy atom. The predicted octanol–water partition coefficient (Wildman–Crippen LogP) is 4.36. The monoisotopic (exact) mass is 466 g/mol. The van der Waals surface area contributed by atoms with Gasteiger partial charge in [0.2, 0.25) is 5.95 Å². The number of likely N-dealkylation sites (N-methyl/N-ethyl adjacent to an activating group) is 1. The quantitative estimate of drug-likeness (QED) is 0.455. The Labute approximate surface area is 205 Å². The van der Waals surface area contributed by atoms with Crippen molar-refractivity contribution in [2.45, 2.75) is 19.4 Å². The van der Waals surface area contributed by atoms with Crippen molar-refractivity contribution in [1.29, 1.82) is 0 Å². The van der Waals surface area contributed by atoms with Crippen LogP contribution >= 0.6 is 0 Å². The van der Waals surface area contributed by atoms with E-state index in [1.807, 2.05) is 29.0 Å². The van der Waals surface area contributed by atoms with Gasteiger partial charge in [-0.05, 0) is 55.6 Å². The molecule has 7 heteroatoms. The molecule has 0 spiro atoms. The van der Waals surface area contributed by atoms with Gasteiger partial charge in [-0.25, -0.2) is 9.97 Å². The molecular weight excluding hydrogens is 436 g/mol. The standard InChI is InChI=1S/C28H30N6O/c1-32-13-15-33(16-14-32)23-11-9-22(10-12-23)30-28-29-17-24-26(31-28)25(21-5-3-2-4-6-21)19-34(27(24)35)18-20-7-8-20/h2-6,9-12,17,19-20H,7-8,13-16,18H2,1H3,(H,29,30,31). The second-order valence-corrected chi connectivity index (χ2v) is 9.73. The summed E-state index contributed by atoms with van der Waals surface area (Å²) in [6, 6.07) is 18.6. The van der Waals surface area contributed by atoms with Crippen LogP contribution < -0.4 is 15.8 Å².